The first-order chi connectivity index (χ1) is 16.8. The van der Waals surface area contributed by atoms with Gasteiger partial charge in [-0.1, -0.05) is 0 Å². The van der Waals surface area contributed by atoms with Crippen molar-refractivity contribution in [3.05, 3.63) is 89.2 Å². The van der Waals surface area contributed by atoms with Crippen LogP contribution in [0.25, 0.3) is 0 Å². The number of benzene rings is 2. The number of Topliss-reactive ketones (excluding diaryl/α,β-unsaturated/α-hetero) is 2. The summed E-state index contributed by atoms with van der Waals surface area (Å²) in [5, 5.41) is 10.9. The first-order valence-electron chi connectivity index (χ1n) is 11.4. The Labute approximate surface area is 218 Å². The molecule has 5 rings (SSSR count). The molecule has 0 bridgehead atoms. The molecule has 0 saturated carbocycles. The van der Waals surface area contributed by atoms with Crippen LogP contribution in [0.15, 0.2) is 68.0 Å². The quantitative estimate of drug-likeness (QED) is 0.275. The maximum absolute atomic E-state index is 13.0. The summed E-state index contributed by atoms with van der Waals surface area (Å²) < 4.78 is 13.5. The van der Waals surface area contributed by atoms with Crippen molar-refractivity contribution in [3.8, 4) is 5.75 Å². The minimum Gasteiger partial charge on any atom is -0.487 e. The Balaban J connectivity index is 1.48. The minimum absolute atomic E-state index is 0.0220. The van der Waals surface area contributed by atoms with Crippen molar-refractivity contribution in [3.63, 3.8) is 0 Å². The minimum atomic E-state index is -0.453. The first-order valence-corrected chi connectivity index (χ1v) is 13.0. The van der Waals surface area contributed by atoms with E-state index in [4.69, 9.17) is 9.47 Å². The van der Waals surface area contributed by atoms with Crippen molar-refractivity contribution >= 4 is 49.1 Å². The van der Waals surface area contributed by atoms with E-state index in [0.717, 1.165) is 24.0 Å². The van der Waals surface area contributed by atoms with Crippen LogP contribution in [-0.4, -0.2) is 16.5 Å². The van der Waals surface area contributed by atoms with Crippen molar-refractivity contribution in [2.75, 3.05) is 0 Å². The van der Waals surface area contributed by atoms with Crippen LogP contribution in [0.1, 0.15) is 55.6 Å². The van der Waals surface area contributed by atoms with Gasteiger partial charge >= 0.3 is 0 Å². The molecule has 1 heterocycles. The molecule has 2 aromatic rings. The number of nitro groups is 1. The Bertz CT molecular complexity index is 1250. The van der Waals surface area contributed by atoms with Gasteiger partial charge in [0.2, 0.25) is 0 Å². The smallest absolute Gasteiger partial charge is 0.269 e. The number of hydrogen-bond acceptors (Lipinski definition) is 6. The second-order valence-corrected chi connectivity index (χ2v) is 10.5. The van der Waals surface area contributed by atoms with Gasteiger partial charge in [-0.3, -0.25) is 19.7 Å². The third-order valence-corrected chi connectivity index (χ3v) is 7.70. The van der Waals surface area contributed by atoms with Crippen molar-refractivity contribution in [2.45, 2.75) is 51.0 Å². The zero-order valence-corrected chi connectivity index (χ0v) is 21.8. The fourth-order valence-corrected chi connectivity index (χ4v) is 6.36. The van der Waals surface area contributed by atoms with Crippen LogP contribution in [-0.2, 0) is 20.9 Å². The van der Waals surface area contributed by atoms with E-state index < -0.39 is 10.8 Å². The Morgan fingerprint density at radius 3 is 1.97 bits per heavy atom. The predicted molar refractivity (Wildman–Crippen MR) is 135 cm³/mol. The molecule has 7 nitrogen and oxygen atoms in total. The highest BCUT2D eigenvalue weighted by molar-refractivity contribution is 9.11. The second kappa shape index (κ2) is 9.70. The van der Waals surface area contributed by atoms with E-state index in [-0.39, 0.29) is 23.9 Å². The molecule has 0 N–H and O–H groups in total. The SMILES string of the molecule is O=C1CCCC2=C1C(c1cc(Br)c(OCc3ccc([N+](=O)[O-])cc3)c(Br)c1)C1=C(CCCC1=O)O2. The number of nitrogens with zero attached hydrogens (tertiary/aromatic N) is 1. The lowest BCUT2D eigenvalue weighted by atomic mass is 9.73. The van der Waals surface area contributed by atoms with Crippen LogP contribution in [0.3, 0.4) is 0 Å². The fraction of sp³-hybridized carbons (Fsp3) is 0.308. The lowest BCUT2D eigenvalue weighted by Gasteiger charge is -2.36. The number of non-ortho nitro benzene ring substituents is 1. The van der Waals surface area contributed by atoms with Gasteiger partial charge in [-0.05, 0) is 80.1 Å². The van der Waals surface area contributed by atoms with E-state index in [1.54, 1.807) is 12.1 Å². The topological polar surface area (TPSA) is 95.7 Å². The van der Waals surface area contributed by atoms with Gasteiger partial charge < -0.3 is 9.47 Å². The van der Waals surface area contributed by atoms with Gasteiger partial charge in [0.1, 0.15) is 23.9 Å². The Morgan fingerprint density at radius 1 is 0.914 bits per heavy atom. The monoisotopic (exact) mass is 601 g/mol. The van der Waals surface area contributed by atoms with Crippen LogP contribution in [0.4, 0.5) is 5.69 Å². The van der Waals surface area contributed by atoms with Gasteiger partial charge in [-0.15, -0.1) is 0 Å². The molecule has 3 aliphatic rings. The Morgan fingerprint density at radius 2 is 1.46 bits per heavy atom. The zero-order valence-electron chi connectivity index (χ0n) is 18.6. The molecule has 0 saturated heterocycles. The highest BCUT2D eigenvalue weighted by atomic mass is 79.9. The number of rotatable bonds is 5. The number of carbonyl (C=O) groups is 2. The average molecular weight is 603 g/mol. The van der Waals surface area contributed by atoms with Crippen LogP contribution >= 0.6 is 31.9 Å². The van der Waals surface area contributed by atoms with Crippen molar-refractivity contribution < 1.29 is 24.0 Å². The molecule has 0 atom stereocenters. The van der Waals surface area contributed by atoms with E-state index in [0.29, 0.717) is 63.0 Å². The van der Waals surface area contributed by atoms with E-state index >= 15 is 0 Å². The predicted octanol–water partition coefficient (Wildman–Crippen LogP) is 6.83. The largest absolute Gasteiger partial charge is 0.487 e. The Hall–Kier alpha value is -2.78. The van der Waals surface area contributed by atoms with Crippen molar-refractivity contribution in [1.29, 1.82) is 0 Å². The highest BCUT2D eigenvalue weighted by Crippen LogP contribution is 2.49. The van der Waals surface area contributed by atoms with Gasteiger partial charge in [-0.2, -0.15) is 0 Å². The molecule has 2 aromatic carbocycles. The molecule has 0 amide bonds. The Kier molecular flexibility index (Phi) is 6.63. The lowest BCUT2D eigenvalue weighted by molar-refractivity contribution is -0.384. The third kappa shape index (κ3) is 4.59. The van der Waals surface area contributed by atoms with E-state index in [2.05, 4.69) is 31.9 Å². The van der Waals surface area contributed by atoms with Gasteiger partial charge in [0.15, 0.2) is 11.6 Å². The molecule has 0 aromatic heterocycles. The molecule has 0 unspecified atom stereocenters. The number of ketones is 2. The van der Waals surface area contributed by atoms with Crippen LogP contribution in [0.2, 0.25) is 0 Å². The molecular formula is C26H21Br2NO6. The molecule has 9 heteroatoms. The lowest BCUT2D eigenvalue weighted by Crippen LogP contribution is -2.30. The highest BCUT2D eigenvalue weighted by Gasteiger charge is 2.42. The number of hydrogen-bond donors (Lipinski definition) is 0. The number of ether oxygens (including phenoxy) is 2. The van der Waals surface area contributed by atoms with Crippen LogP contribution in [0, 0.1) is 10.1 Å². The van der Waals surface area contributed by atoms with E-state index in [1.807, 2.05) is 12.1 Å². The van der Waals surface area contributed by atoms with Crippen molar-refractivity contribution in [1.82, 2.24) is 0 Å². The summed E-state index contributed by atoms with van der Waals surface area (Å²) in [5.74, 6) is 1.58. The standard InChI is InChI=1S/C26H21Br2NO6/c27-17-11-15(12-18(28)26(17)34-13-14-7-9-16(10-8-14)29(32)33)23-24-19(30)3-1-5-21(24)35-22-6-2-4-20(31)25(22)23/h7-12,23H,1-6,13H2. The number of nitro benzene ring substituents is 1. The molecule has 0 radical (unpaired) electrons. The maximum Gasteiger partial charge on any atom is 0.269 e. The fourth-order valence-electron chi connectivity index (χ4n) is 4.90. The number of carbonyl (C=O) groups excluding carboxylic acids is 2. The van der Waals surface area contributed by atoms with Crippen molar-refractivity contribution in [2.24, 2.45) is 0 Å². The van der Waals surface area contributed by atoms with E-state index in [9.17, 15) is 19.7 Å². The summed E-state index contributed by atoms with van der Waals surface area (Å²) in [4.78, 5) is 36.4. The molecule has 0 spiro atoms. The summed E-state index contributed by atoms with van der Waals surface area (Å²) in [6.45, 7) is 0.216. The molecule has 1 aliphatic heterocycles. The zero-order chi connectivity index (χ0) is 24.7. The average Bonchev–Trinajstić information content (AvgIpc) is 2.83. The summed E-state index contributed by atoms with van der Waals surface area (Å²) in [6, 6.07) is 9.98. The van der Waals surface area contributed by atoms with E-state index in [1.165, 1.54) is 12.1 Å². The second-order valence-electron chi connectivity index (χ2n) is 8.79. The van der Waals surface area contributed by atoms with Gasteiger partial charge in [0.05, 0.1) is 13.9 Å². The molecule has 2 aliphatic carbocycles. The van der Waals surface area contributed by atoms with Crippen LogP contribution < -0.4 is 4.74 Å². The summed E-state index contributed by atoms with van der Waals surface area (Å²) in [6.07, 6.45) is 3.80. The van der Waals surface area contributed by atoms with Crippen LogP contribution in [0.5, 0.6) is 5.75 Å². The normalized spacial score (nSPS) is 18.2. The number of halogens is 2. The van der Waals surface area contributed by atoms with Gasteiger partial charge in [-0.25, -0.2) is 0 Å². The summed E-state index contributed by atoms with van der Waals surface area (Å²) in [5.41, 5.74) is 2.83. The summed E-state index contributed by atoms with van der Waals surface area (Å²) >= 11 is 7.20. The molecular weight excluding hydrogens is 582 g/mol. The van der Waals surface area contributed by atoms with Gasteiger partial charge in [0.25, 0.3) is 5.69 Å². The number of allylic oxidation sites excluding steroid dienone is 4. The first kappa shape index (κ1) is 23.9. The molecule has 180 valence electrons. The summed E-state index contributed by atoms with van der Waals surface area (Å²) in [7, 11) is 0. The molecule has 0 fully saturated rings. The third-order valence-electron chi connectivity index (χ3n) is 6.53. The van der Waals surface area contributed by atoms with Gasteiger partial charge in [0, 0.05) is 54.9 Å². The molecule has 35 heavy (non-hydrogen) atoms. The maximum atomic E-state index is 13.0.